The molecule has 0 fully saturated rings. The van der Waals surface area contributed by atoms with Crippen molar-refractivity contribution in [3.8, 4) is 11.5 Å². The van der Waals surface area contributed by atoms with Gasteiger partial charge < -0.3 is 15.2 Å². The van der Waals surface area contributed by atoms with Crippen molar-refractivity contribution in [1.29, 1.82) is 0 Å². The molecule has 0 aliphatic heterocycles. The van der Waals surface area contributed by atoms with E-state index in [4.69, 9.17) is 26.8 Å². The van der Waals surface area contributed by atoms with E-state index in [0.717, 1.165) is 18.4 Å². The van der Waals surface area contributed by atoms with Crippen molar-refractivity contribution >= 4 is 11.6 Å². The van der Waals surface area contributed by atoms with E-state index >= 15 is 0 Å². The van der Waals surface area contributed by atoms with Crippen molar-refractivity contribution in [3.63, 3.8) is 0 Å². The zero-order valence-corrected chi connectivity index (χ0v) is 13.5. The van der Waals surface area contributed by atoms with Crippen LogP contribution in [0.25, 0.3) is 0 Å². The molecule has 1 aromatic carbocycles. The Kier molecular flexibility index (Phi) is 6.89. The summed E-state index contributed by atoms with van der Waals surface area (Å²) >= 11 is 6.29. The quantitative estimate of drug-likeness (QED) is 0.774. The van der Waals surface area contributed by atoms with Crippen LogP contribution in [-0.4, -0.2) is 19.8 Å². The first-order chi connectivity index (χ1) is 9.47. The second-order valence-corrected chi connectivity index (χ2v) is 5.48. The first kappa shape index (κ1) is 16.9. The molecule has 0 spiro atoms. The summed E-state index contributed by atoms with van der Waals surface area (Å²) in [5.74, 6) is 1.23. The van der Waals surface area contributed by atoms with Gasteiger partial charge in [0.25, 0.3) is 0 Å². The summed E-state index contributed by atoms with van der Waals surface area (Å²) < 4.78 is 11.1. The Bertz CT molecular complexity index is 468. The average molecular weight is 298 g/mol. The van der Waals surface area contributed by atoms with Gasteiger partial charge in [0.05, 0.1) is 12.1 Å². The molecule has 0 aromatic heterocycles. The monoisotopic (exact) mass is 297 g/mol. The highest BCUT2D eigenvalue weighted by Crippen LogP contribution is 2.36. The third-order valence-electron chi connectivity index (χ3n) is 3.03. The lowest BCUT2D eigenvalue weighted by Crippen LogP contribution is -2.21. The molecule has 0 heterocycles. The lowest BCUT2D eigenvalue weighted by Gasteiger charge is -2.15. The SMILES string of the molecule is CCC(N)Cc1cc(Cl)c(OCC=C(C)C)c(OC)c1. The zero-order chi connectivity index (χ0) is 15.1. The minimum Gasteiger partial charge on any atom is -0.493 e. The fourth-order valence-electron chi connectivity index (χ4n) is 1.77. The van der Waals surface area contributed by atoms with Crippen LogP contribution in [0.5, 0.6) is 11.5 Å². The number of hydrogen-bond donors (Lipinski definition) is 1. The molecule has 0 saturated heterocycles. The third-order valence-corrected chi connectivity index (χ3v) is 3.31. The molecule has 0 aliphatic rings. The van der Waals surface area contributed by atoms with Crippen LogP contribution < -0.4 is 15.2 Å². The minimum atomic E-state index is 0.133. The molecule has 20 heavy (non-hydrogen) atoms. The smallest absolute Gasteiger partial charge is 0.180 e. The second-order valence-electron chi connectivity index (χ2n) is 5.07. The highest BCUT2D eigenvalue weighted by atomic mass is 35.5. The molecule has 4 heteroatoms. The first-order valence-corrected chi connectivity index (χ1v) is 7.23. The van der Waals surface area contributed by atoms with Crippen molar-refractivity contribution in [3.05, 3.63) is 34.4 Å². The Morgan fingerprint density at radius 3 is 2.65 bits per heavy atom. The number of benzene rings is 1. The van der Waals surface area contributed by atoms with Gasteiger partial charge in [0, 0.05) is 6.04 Å². The van der Waals surface area contributed by atoms with Gasteiger partial charge in [-0.25, -0.2) is 0 Å². The van der Waals surface area contributed by atoms with E-state index in [9.17, 15) is 0 Å². The summed E-state index contributed by atoms with van der Waals surface area (Å²) in [6, 6.07) is 3.98. The van der Waals surface area contributed by atoms with Gasteiger partial charge in [-0.15, -0.1) is 0 Å². The maximum Gasteiger partial charge on any atom is 0.180 e. The van der Waals surface area contributed by atoms with E-state index in [2.05, 4.69) is 6.92 Å². The van der Waals surface area contributed by atoms with Crippen molar-refractivity contribution in [2.75, 3.05) is 13.7 Å². The molecule has 3 nitrogen and oxygen atoms in total. The molecule has 0 amide bonds. The van der Waals surface area contributed by atoms with Gasteiger partial charge in [0.2, 0.25) is 0 Å². The molecule has 0 radical (unpaired) electrons. The summed E-state index contributed by atoms with van der Waals surface area (Å²) in [4.78, 5) is 0. The van der Waals surface area contributed by atoms with E-state index in [-0.39, 0.29) is 6.04 Å². The summed E-state index contributed by atoms with van der Waals surface area (Å²) in [5, 5.41) is 0.560. The van der Waals surface area contributed by atoms with Crippen LogP contribution in [0.1, 0.15) is 32.8 Å². The summed E-state index contributed by atoms with van der Waals surface area (Å²) in [7, 11) is 1.61. The number of methoxy groups -OCH3 is 1. The third kappa shape index (κ3) is 5.06. The average Bonchev–Trinajstić information content (AvgIpc) is 2.40. The molecule has 0 saturated carbocycles. The number of halogens is 1. The maximum atomic E-state index is 6.29. The Hall–Kier alpha value is -1.19. The Morgan fingerprint density at radius 1 is 1.40 bits per heavy atom. The normalized spacial score (nSPS) is 11.9. The van der Waals surface area contributed by atoms with Crippen LogP contribution in [0.15, 0.2) is 23.8 Å². The van der Waals surface area contributed by atoms with E-state index < -0.39 is 0 Å². The predicted octanol–water partition coefficient (Wildman–Crippen LogP) is 3.97. The lowest BCUT2D eigenvalue weighted by molar-refractivity contribution is 0.325. The first-order valence-electron chi connectivity index (χ1n) is 6.86. The van der Waals surface area contributed by atoms with E-state index in [1.54, 1.807) is 7.11 Å². The highest BCUT2D eigenvalue weighted by molar-refractivity contribution is 6.32. The maximum absolute atomic E-state index is 6.29. The fourth-order valence-corrected chi connectivity index (χ4v) is 2.06. The van der Waals surface area contributed by atoms with Gasteiger partial charge >= 0.3 is 0 Å². The predicted molar refractivity (Wildman–Crippen MR) is 84.9 cm³/mol. The van der Waals surface area contributed by atoms with Crippen molar-refractivity contribution in [1.82, 2.24) is 0 Å². The number of allylic oxidation sites excluding steroid dienone is 1. The van der Waals surface area contributed by atoms with E-state index in [1.165, 1.54) is 5.57 Å². The summed E-state index contributed by atoms with van der Waals surface area (Å²) in [6.07, 6.45) is 3.70. The van der Waals surface area contributed by atoms with Gasteiger partial charge in [0.1, 0.15) is 6.61 Å². The van der Waals surface area contributed by atoms with E-state index in [1.807, 2.05) is 32.1 Å². The Labute approximate surface area is 126 Å². The van der Waals surface area contributed by atoms with Gasteiger partial charge in [-0.3, -0.25) is 0 Å². The fraction of sp³-hybridized carbons (Fsp3) is 0.500. The number of nitrogens with two attached hydrogens (primary N) is 1. The van der Waals surface area contributed by atoms with E-state index in [0.29, 0.717) is 23.1 Å². The zero-order valence-electron chi connectivity index (χ0n) is 12.7. The second kappa shape index (κ2) is 8.18. The van der Waals surface area contributed by atoms with Crippen LogP contribution in [0.4, 0.5) is 0 Å². The van der Waals surface area contributed by atoms with Crippen molar-refractivity contribution in [2.24, 2.45) is 5.73 Å². The molecule has 0 bridgehead atoms. The molecule has 1 aromatic rings. The van der Waals surface area contributed by atoms with Crippen LogP contribution in [-0.2, 0) is 6.42 Å². The van der Waals surface area contributed by atoms with Gasteiger partial charge in [-0.05, 0) is 50.5 Å². The van der Waals surface area contributed by atoms with Gasteiger partial charge in [-0.2, -0.15) is 0 Å². The standard InChI is InChI=1S/C16H24ClNO2/c1-5-13(18)8-12-9-14(17)16(15(10-12)19-4)20-7-6-11(2)3/h6,9-10,13H,5,7-8,18H2,1-4H3. The number of hydrogen-bond acceptors (Lipinski definition) is 3. The molecule has 1 unspecified atom stereocenters. The minimum absolute atomic E-state index is 0.133. The van der Waals surface area contributed by atoms with Crippen LogP contribution in [0.3, 0.4) is 0 Å². The van der Waals surface area contributed by atoms with Crippen molar-refractivity contribution in [2.45, 2.75) is 39.7 Å². The summed E-state index contributed by atoms with van der Waals surface area (Å²) in [6.45, 7) is 6.60. The molecule has 1 atom stereocenters. The van der Waals surface area contributed by atoms with Crippen LogP contribution in [0, 0.1) is 0 Å². The number of rotatable bonds is 7. The van der Waals surface area contributed by atoms with Crippen molar-refractivity contribution < 1.29 is 9.47 Å². The van der Waals surface area contributed by atoms with Crippen LogP contribution in [0.2, 0.25) is 5.02 Å². The molecule has 0 aliphatic carbocycles. The molecular formula is C16H24ClNO2. The Morgan fingerprint density at radius 2 is 2.10 bits per heavy atom. The molecular weight excluding hydrogens is 274 g/mol. The summed E-state index contributed by atoms with van der Waals surface area (Å²) in [5.41, 5.74) is 8.24. The highest BCUT2D eigenvalue weighted by Gasteiger charge is 2.13. The molecule has 112 valence electrons. The number of ether oxygens (including phenoxy) is 2. The van der Waals surface area contributed by atoms with Gasteiger partial charge in [0.15, 0.2) is 11.5 Å². The largest absolute Gasteiger partial charge is 0.493 e. The van der Waals surface area contributed by atoms with Gasteiger partial charge in [-0.1, -0.05) is 24.1 Å². The Balaban J connectivity index is 2.93. The molecule has 2 N–H and O–H groups in total. The lowest BCUT2D eigenvalue weighted by atomic mass is 10.0. The molecule has 1 rings (SSSR count). The van der Waals surface area contributed by atoms with Crippen LogP contribution >= 0.6 is 11.6 Å². The topological polar surface area (TPSA) is 44.5 Å².